The number of carbonyl (C=O) groups is 2. The molecule has 0 bridgehead atoms. The van der Waals surface area contributed by atoms with Crippen LogP contribution >= 0.6 is 0 Å². The van der Waals surface area contributed by atoms with E-state index < -0.39 is 16.7 Å². The third-order valence-electron chi connectivity index (χ3n) is 5.21. The van der Waals surface area contributed by atoms with E-state index in [1.165, 1.54) is 43.5 Å². The van der Waals surface area contributed by atoms with E-state index in [1.807, 2.05) is 0 Å². The van der Waals surface area contributed by atoms with E-state index in [-0.39, 0.29) is 34.4 Å². The molecule has 10 nitrogen and oxygen atoms in total. The number of nitrogens with zero attached hydrogens (tertiary/aromatic N) is 3. The van der Waals surface area contributed by atoms with Crippen molar-refractivity contribution < 1.29 is 29.0 Å². The van der Waals surface area contributed by atoms with Crippen molar-refractivity contribution in [1.82, 2.24) is 10.3 Å². The van der Waals surface area contributed by atoms with Gasteiger partial charge in [0.25, 0.3) is 5.69 Å². The molecule has 34 heavy (non-hydrogen) atoms. The number of aliphatic carboxylic acids is 1. The number of hydrogen-bond donors (Lipinski definition) is 1. The molecule has 170 valence electrons. The third-order valence-corrected chi connectivity index (χ3v) is 5.21. The summed E-state index contributed by atoms with van der Waals surface area (Å²) in [6, 6.07) is 16.4. The normalized spacial score (nSPS) is 11.7. The Kier molecular flexibility index (Phi) is 6.13. The highest BCUT2D eigenvalue weighted by Crippen LogP contribution is 2.28. The number of methoxy groups -OCH3 is 1. The molecule has 0 atom stereocenters. The zero-order valence-corrected chi connectivity index (χ0v) is 17.8. The van der Waals surface area contributed by atoms with Gasteiger partial charge in [0.05, 0.1) is 17.6 Å². The number of carboxylic acids is 1. The Hall–Kier alpha value is -4.86. The third kappa shape index (κ3) is 4.51. The van der Waals surface area contributed by atoms with Crippen LogP contribution < -0.4 is 4.74 Å². The topological polar surface area (TPSA) is 146 Å². The molecule has 0 saturated carbocycles. The summed E-state index contributed by atoms with van der Waals surface area (Å²) in [6.07, 6.45) is -0.0698. The number of carbonyl (C=O) groups excluding carboxylic acids is 1. The second-order valence-electron chi connectivity index (χ2n) is 7.28. The standard InChI is InChI=1S/C24H17N3O7/c1-33-18-9-4-15(5-10-18)23(28)19(12-14-2-7-17(8-3-14)27(31)32)22(24(29)30)16-6-11-20-21(13-16)26-34-25-20/h2-11,13H,12H2,1H3,(H,29,30). The average Bonchev–Trinajstić information content (AvgIpc) is 3.31. The maximum atomic E-state index is 13.5. The fourth-order valence-corrected chi connectivity index (χ4v) is 3.50. The minimum absolute atomic E-state index is 0.00215. The van der Waals surface area contributed by atoms with Crippen LogP contribution in [0.15, 0.2) is 76.9 Å². The predicted octanol–water partition coefficient (Wildman–Crippen LogP) is 4.10. The molecule has 0 aliphatic carbocycles. The van der Waals surface area contributed by atoms with Crippen molar-refractivity contribution in [3.63, 3.8) is 0 Å². The molecular formula is C24H17N3O7. The molecule has 1 heterocycles. The molecular weight excluding hydrogens is 442 g/mol. The second kappa shape index (κ2) is 9.33. The quantitative estimate of drug-likeness (QED) is 0.178. The molecule has 0 radical (unpaired) electrons. The van der Waals surface area contributed by atoms with E-state index in [4.69, 9.17) is 4.74 Å². The van der Waals surface area contributed by atoms with Crippen LogP contribution in [0.3, 0.4) is 0 Å². The Morgan fingerprint density at radius 1 is 0.971 bits per heavy atom. The number of benzene rings is 3. The molecule has 4 rings (SSSR count). The minimum atomic E-state index is -1.31. The molecule has 10 heteroatoms. The SMILES string of the molecule is COc1ccc(C(=O)C(Cc2ccc([N+](=O)[O-])cc2)=C(C(=O)O)c2ccc3nonc3c2)cc1. The lowest BCUT2D eigenvalue weighted by atomic mass is 9.89. The lowest BCUT2D eigenvalue weighted by Crippen LogP contribution is -2.14. The molecule has 4 aromatic rings. The van der Waals surface area contributed by atoms with Crippen LogP contribution in [0, 0.1) is 10.1 Å². The highest BCUT2D eigenvalue weighted by atomic mass is 16.6. The summed E-state index contributed by atoms with van der Waals surface area (Å²) >= 11 is 0. The number of nitro benzene ring substituents is 1. The van der Waals surface area contributed by atoms with Gasteiger partial charge in [-0.05, 0) is 57.8 Å². The van der Waals surface area contributed by atoms with E-state index in [9.17, 15) is 24.8 Å². The van der Waals surface area contributed by atoms with Gasteiger partial charge in [-0.15, -0.1) is 0 Å². The van der Waals surface area contributed by atoms with E-state index in [0.717, 1.165) is 0 Å². The van der Waals surface area contributed by atoms with Gasteiger partial charge in [0.2, 0.25) is 0 Å². The Balaban J connectivity index is 1.87. The number of Topliss-reactive ketones (excluding diaryl/α,β-unsaturated/α-hetero) is 1. The number of ketones is 1. The summed E-state index contributed by atoms with van der Waals surface area (Å²) in [6.45, 7) is 0. The first-order chi connectivity index (χ1) is 16.4. The number of fused-ring (bicyclic) bond motifs is 1. The molecule has 0 amide bonds. The van der Waals surface area contributed by atoms with Crippen molar-refractivity contribution in [2.24, 2.45) is 0 Å². The Labute approximate surface area is 192 Å². The first kappa shape index (κ1) is 22.3. The van der Waals surface area contributed by atoms with Crippen molar-refractivity contribution in [2.75, 3.05) is 7.11 Å². The number of allylic oxidation sites excluding steroid dienone is 1. The highest BCUT2D eigenvalue weighted by Gasteiger charge is 2.25. The second-order valence-corrected chi connectivity index (χ2v) is 7.28. The number of carboxylic acid groups (broad SMARTS) is 1. The van der Waals surface area contributed by atoms with E-state index >= 15 is 0 Å². The van der Waals surface area contributed by atoms with Gasteiger partial charge in [-0.1, -0.05) is 18.2 Å². The Bertz CT molecular complexity index is 1420. The summed E-state index contributed by atoms with van der Waals surface area (Å²) in [5.41, 5.74) is 1.49. The fraction of sp³-hybridized carbons (Fsp3) is 0.0833. The molecule has 1 N–H and O–H groups in total. The van der Waals surface area contributed by atoms with Crippen LogP contribution in [-0.4, -0.2) is 39.2 Å². The van der Waals surface area contributed by atoms with Gasteiger partial charge < -0.3 is 9.84 Å². The highest BCUT2D eigenvalue weighted by molar-refractivity contribution is 6.26. The molecule has 1 aromatic heterocycles. The van der Waals surface area contributed by atoms with Gasteiger partial charge in [0.15, 0.2) is 5.78 Å². The zero-order valence-electron chi connectivity index (χ0n) is 17.8. The van der Waals surface area contributed by atoms with E-state index in [2.05, 4.69) is 14.9 Å². The van der Waals surface area contributed by atoms with Crippen molar-refractivity contribution in [3.8, 4) is 5.75 Å². The predicted molar refractivity (Wildman–Crippen MR) is 120 cm³/mol. The Morgan fingerprint density at radius 2 is 1.62 bits per heavy atom. The lowest BCUT2D eigenvalue weighted by Gasteiger charge is -2.13. The van der Waals surface area contributed by atoms with Gasteiger partial charge in [-0.3, -0.25) is 14.9 Å². The summed E-state index contributed by atoms with van der Waals surface area (Å²) in [5, 5.41) is 28.6. The first-order valence-electron chi connectivity index (χ1n) is 9.98. The average molecular weight is 459 g/mol. The molecule has 0 fully saturated rings. The molecule has 0 aliphatic heterocycles. The lowest BCUT2D eigenvalue weighted by molar-refractivity contribution is -0.384. The van der Waals surface area contributed by atoms with Crippen molar-refractivity contribution in [2.45, 2.75) is 6.42 Å². The fourth-order valence-electron chi connectivity index (χ4n) is 3.50. The molecule has 0 spiro atoms. The van der Waals surface area contributed by atoms with Crippen molar-refractivity contribution >= 4 is 34.0 Å². The van der Waals surface area contributed by atoms with E-state index in [0.29, 0.717) is 22.3 Å². The number of rotatable bonds is 8. The Morgan fingerprint density at radius 3 is 2.24 bits per heavy atom. The number of aromatic nitrogens is 2. The van der Waals surface area contributed by atoms with Crippen molar-refractivity contribution in [1.29, 1.82) is 0 Å². The van der Waals surface area contributed by atoms with Crippen LogP contribution in [0.1, 0.15) is 21.5 Å². The van der Waals surface area contributed by atoms with Gasteiger partial charge in [-0.25, -0.2) is 9.42 Å². The minimum Gasteiger partial charge on any atom is -0.497 e. The number of nitro groups is 1. The smallest absolute Gasteiger partial charge is 0.336 e. The number of hydrogen-bond acceptors (Lipinski definition) is 8. The van der Waals surface area contributed by atoms with Crippen LogP contribution in [0.4, 0.5) is 5.69 Å². The van der Waals surface area contributed by atoms with Crippen LogP contribution in [0.2, 0.25) is 0 Å². The first-order valence-corrected chi connectivity index (χ1v) is 9.98. The summed E-state index contributed by atoms with van der Waals surface area (Å²) in [4.78, 5) is 36.4. The van der Waals surface area contributed by atoms with Gasteiger partial charge in [0.1, 0.15) is 16.8 Å². The van der Waals surface area contributed by atoms with Gasteiger partial charge >= 0.3 is 5.97 Å². The van der Waals surface area contributed by atoms with Crippen LogP contribution in [0.25, 0.3) is 16.6 Å². The van der Waals surface area contributed by atoms with E-state index in [1.54, 1.807) is 30.3 Å². The van der Waals surface area contributed by atoms with Crippen LogP contribution in [-0.2, 0) is 11.2 Å². The maximum absolute atomic E-state index is 13.5. The molecule has 0 saturated heterocycles. The largest absolute Gasteiger partial charge is 0.497 e. The molecule has 0 aliphatic rings. The number of ether oxygens (including phenoxy) is 1. The molecule has 3 aromatic carbocycles. The van der Waals surface area contributed by atoms with Crippen molar-refractivity contribution in [3.05, 3.63) is 99.1 Å². The van der Waals surface area contributed by atoms with Gasteiger partial charge in [-0.2, -0.15) is 0 Å². The number of non-ortho nitro benzene ring substituents is 1. The molecule has 0 unspecified atom stereocenters. The zero-order chi connectivity index (χ0) is 24.2. The maximum Gasteiger partial charge on any atom is 0.336 e. The monoisotopic (exact) mass is 459 g/mol. The summed E-state index contributed by atoms with van der Waals surface area (Å²) < 4.78 is 9.82. The van der Waals surface area contributed by atoms with Crippen LogP contribution in [0.5, 0.6) is 5.75 Å². The summed E-state index contributed by atoms with van der Waals surface area (Å²) in [7, 11) is 1.49. The summed E-state index contributed by atoms with van der Waals surface area (Å²) in [5.74, 6) is -1.27. The van der Waals surface area contributed by atoms with Gasteiger partial charge in [0, 0.05) is 29.7 Å².